The van der Waals surface area contributed by atoms with Gasteiger partial charge in [-0.25, -0.2) is 8.42 Å². The SMILES string of the molecule is CC(C(=O)O)c1ccc(COc2cc(C(F)(F)F)ccc2N(C(C)C)S(=O)(=O)c2ccccc2)cc1. The van der Waals surface area contributed by atoms with Crippen molar-refractivity contribution >= 4 is 21.7 Å². The number of alkyl halides is 3. The summed E-state index contributed by atoms with van der Waals surface area (Å²) in [6.07, 6.45) is -4.66. The van der Waals surface area contributed by atoms with Crippen molar-refractivity contribution in [3.63, 3.8) is 0 Å². The Morgan fingerprint density at radius 2 is 1.58 bits per heavy atom. The van der Waals surface area contributed by atoms with Crippen LogP contribution in [0.5, 0.6) is 5.75 Å². The van der Waals surface area contributed by atoms with E-state index in [0.29, 0.717) is 11.1 Å². The number of anilines is 1. The summed E-state index contributed by atoms with van der Waals surface area (Å²) in [5, 5.41) is 9.15. The molecule has 1 atom stereocenters. The normalized spacial score (nSPS) is 12.9. The van der Waals surface area contributed by atoms with Gasteiger partial charge in [-0.05, 0) is 62.2 Å². The number of ether oxygens (including phenoxy) is 1. The molecule has 0 saturated heterocycles. The highest BCUT2D eigenvalue weighted by Crippen LogP contribution is 2.39. The molecule has 0 aliphatic heterocycles. The zero-order valence-corrected chi connectivity index (χ0v) is 20.7. The molecule has 0 bridgehead atoms. The molecule has 0 amide bonds. The van der Waals surface area contributed by atoms with E-state index < -0.39 is 39.7 Å². The highest BCUT2D eigenvalue weighted by molar-refractivity contribution is 7.92. The van der Waals surface area contributed by atoms with E-state index in [1.807, 2.05) is 0 Å². The van der Waals surface area contributed by atoms with Gasteiger partial charge in [0.15, 0.2) is 0 Å². The maximum atomic E-state index is 13.5. The largest absolute Gasteiger partial charge is 0.487 e. The number of carbonyl (C=O) groups is 1. The molecule has 6 nitrogen and oxygen atoms in total. The van der Waals surface area contributed by atoms with Crippen molar-refractivity contribution in [2.24, 2.45) is 0 Å². The summed E-state index contributed by atoms with van der Waals surface area (Å²) >= 11 is 0. The van der Waals surface area contributed by atoms with Crippen LogP contribution in [0.2, 0.25) is 0 Å². The van der Waals surface area contributed by atoms with Gasteiger partial charge in [-0.2, -0.15) is 13.2 Å². The van der Waals surface area contributed by atoms with Gasteiger partial charge in [0.05, 0.1) is 22.1 Å². The minimum atomic E-state index is -4.66. The van der Waals surface area contributed by atoms with Crippen LogP contribution < -0.4 is 9.04 Å². The average Bonchev–Trinajstić information content (AvgIpc) is 2.82. The highest BCUT2D eigenvalue weighted by atomic mass is 32.2. The molecule has 1 unspecified atom stereocenters. The van der Waals surface area contributed by atoms with Crippen LogP contribution in [0.15, 0.2) is 77.7 Å². The lowest BCUT2D eigenvalue weighted by atomic mass is 10.0. The Labute approximate surface area is 208 Å². The summed E-state index contributed by atoms with van der Waals surface area (Å²) in [4.78, 5) is 11.2. The summed E-state index contributed by atoms with van der Waals surface area (Å²) in [5.74, 6) is -1.96. The van der Waals surface area contributed by atoms with Crippen molar-refractivity contribution in [1.82, 2.24) is 0 Å². The second-order valence-corrected chi connectivity index (χ2v) is 10.3. The summed E-state index contributed by atoms with van der Waals surface area (Å²) in [6.45, 7) is 4.61. The minimum Gasteiger partial charge on any atom is -0.487 e. The molecule has 0 saturated carbocycles. The third-order valence-corrected chi connectivity index (χ3v) is 7.54. The first-order chi connectivity index (χ1) is 16.8. The van der Waals surface area contributed by atoms with Gasteiger partial charge in [0.1, 0.15) is 12.4 Å². The molecule has 0 radical (unpaired) electrons. The first kappa shape index (κ1) is 27.1. The monoisotopic (exact) mass is 521 g/mol. The second kappa shape index (κ2) is 10.6. The van der Waals surface area contributed by atoms with Crippen LogP contribution >= 0.6 is 0 Å². The molecule has 0 fully saturated rings. The molecular weight excluding hydrogens is 495 g/mol. The van der Waals surface area contributed by atoms with E-state index in [0.717, 1.165) is 22.5 Å². The number of rotatable bonds is 9. The first-order valence-corrected chi connectivity index (χ1v) is 12.5. The van der Waals surface area contributed by atoms with Gasteiger partial charge < -0.3 is 9.84 Å². The van der Waals surface area contributed by atoms with Gasteiger partial charge in [0.25, 0.3) is 10.0 Å². The van der Waals surface area contributed by atoms with Gasteiger partial charge in [0, 0.05) is 6.04 Å². The second-order valence-electron chi connectivity index (χ2n) is 8.48. The molecule has 1 N–H and O–H groups in total. The van der Waals surface area contributed by atoms with Crippen LogP contribution in [0, 0.1) is 0 Å². The molecule has 0 spiro atoms. The van der Waals surface area contributed by atoms with Gasteiger partial charge in [-0.3, -0.25) is 9.10 Å². The summed E-state index contributed by atoms with van der Waals surface area (Å²) in [6, 6.07) is 16.1. The quantitative estimate of drug-likeness (QED) is 0.369. The maximum absolute atomic E-state index is 13.5. The summed E-state index contributed by atoms with van der Waals surface area (Å²) < 4.78 is 74.1. The Balaban J connectivity index is 2.01. The molecule has 3 aromatic rings. The van der Waals surface area contributed by atoms with Crippen molar-refractivity contribution in [3.05, 3.63) is 89.5 Å². The number of benzene rings is 3. The van der Waals surface area contributed by atoms with Gasteiger partial charge in [-0.1, -0.05) is 42.5 Å². The smallest absolute Gasteiger partial charge is 0.416 e. The lowest BCUT2D eigenvalue weighted by Crippen LogP contribution is -2.37. The number of halogens is 3. The van der Waals surface area contributed by atoms with Crippen LogP contribution in [0.25, 0.3) is 0 Å². The van der Waals surface area contributed by atoms with Crippen LogP contribution in [-0.4, -0.2) is 25.5 Å². The molecule has 0 aliphatic carbocycles. The van der Waals surface area contributed by atoms with Crippen LogP contribution in [0.3, 0.4) is 0 Å². The van der Waals surface area contributed by atoms with E-state index in [-0.39, 0.29) is 22.9 Å². The van der Waals surface area contributed by atoms with E-state index >= 15 is 0 Å². The maximum Gasteiger partial charge on any atom is 0.416 e. The number of hydrogen-bond donors (Lipinski definition) is 1. The Morgan fingerprint density at radius 1 is 0.972 bits per heavy atom. The van der Waals surface area contributed by atoms with Gasteiger partial charge in [0.2, 0.25) is 0 Å². The number of nitrogens with zero attached hydrogens (tertiary/aromatic N) is 1. The number of hydrogen-bond acceptors (Lipinski definition) is 4. The fourth-order valence-corrected chi connectivity index (χ4v) is 5.28. The minimum absolute atomic E-state index is 0.00677. The van der Waals surface area contributed by atoms with E-state index in [1.54, 1.807) is 56.3 Å². The number of carboxylic acid groups (broad SMARTS) is 1. The van der Waals surface area contributed by atoms with Gasteiger partial charge >= 0.3 is 12.1 Å². The lowest BCUT2D eigenvalue weighted by Gasteiger charge is -2.30. The predicted octanol–water partition coefficient (Wildman–Crippen LogP) is 6.08. The zero-order chi connectivity index (χ0) is 26.7. The van der Waals surface area contributed by atoms with Crippen molar-refractivity contribution in [2.75, 3.05) is 4.31 Å². The molecule has 0 aromatic heterocycles. The van der Waals surface area contributed by atoms with Crippen LogP contribution in [0.1, 0.15) is 43.4 Å². The van der Waals surface area contributed by atoms with Crippen molar-refractivity contribution in [2.45, 2.75) is 50.4 Å². The number of carboxylic acids is 1. The molecule has 0 aliphatic rings. The fourth-order valence-electron chi connectivity index (χ4n) is 3.59. The number of aliphatic carboxylic acids is 1. The third kappa shape index (κ3) is 5.99. The summed E-state index contributed by atoms with van der Waals surface area (Å²) in [7, 11) is -4.11. The Kier molecular flexibility index (Phi) is 7.98. The zero-order valence-electron chi connectivity index (χ0n) is 19.9. The topological polar surface area (TPSA) is 83.9 Å². The average molecular weight is 522 g/mol. The van der Waals surface area contributed by atoms with E-state index in [1.165, 1.54) is 19.1 Å². The highest BCUT2D eigenvalue weighted by Gasteiger charge is 2.34. The molecule has 3 aromatic carbocycles. The molecular formula is C26H26F3NO5S. The Hall–Kier alpha value is -3.53. The lowest BCUT2D eigenvalue weighted by molar-refractivity contribution is -0.139. The fraction of sp³-hybridized carbons (Fsp3) is 0.269. The standard InChI is InChI=1S/C26H26F3NO5S/c1-17(2)30(36(33,34)22-7-5-4-6-8-22)23-14-13-21(26(27,28)29)15-24(23)35-16-19-9-11-20(12-10-19)18(3)25(31)32/h4-15,17-18H,16H2,1-3H3,(H,31,32). The van der Waals surface area contributed by atoms with Crippen LogP contribution in [-0.2, 0) is 27.6 Å². The third-order valence-electron chi connectivity index (χ3n) is 5.54. The molecule has 192 valence electrons. The number of sulfonamides is 1. The van der Waals surface area contributed by atoms with E-state index in [4.69, 9.17) is 9.84 Å². The van der Waals surface area contributed by atoms with Gasteiger partial charge in [-0.15, -0.1) is 0 Å². The Bertz CT molecular complexity index is 1310. The van der Waals surface area contributed by atoms with Crippen molar-refractivity contribution < 1.29 is 36.2 Å². The molecule has 36 heavy (non-hydrogen) atoms. The first-order valence-electron chi connectivity index (χ1n) is 11.1. The van der Waals surface area contributed by atoms with E-state index in [9.17, 15) is 26.4 Å². The molecule has 3 rings (SSSR count). The van der Waals surface area contributed by atoms with Crippen LogP contribution in [0.4, 0.5) is 18.9 Å². The van der Waals surface area contributed by atoms with Crippen molar-refractivity contribution in [1.29, 1.82) is 0 Å². The van der Waals surface area contributed by atoms with E-state index in [2.05, 4.69) is 0 Å². The molecule has 0 heterocycles. The Morgan fingerprint density at radius 3 is 2.11 bits per heavy atom. The summed E-state index contributed by atoms with van der Waals surface area (Å²) in [5.41, 5.74) is 0.123. The molecule has 10 heteroatoms. The van der Waals surface area contributed by atoms with Crippen molar-refractivity contribution in [3.8, 4) is 5.75 Å². The predicted molar refractivity (Wildman–Crippen MR) is 130 cm³/mol.